The highest BCUT2D eigenvalue weighted by Gasteiger charge is 2.20. The molecule has 0 bridgehead atoms. The molecular weight excluding hydrogens is 513 g/mol. The monoisotopic (exact) mass is 543 g/mol. The molecular formula is C27H31Cl2N5O3. The molecule has 0 atom stereocenters. The number of methoxy groups -OCH3 is 2. The molecule has 0 aliphatic heterocycles. The van der Waals surface area contributed by atoms with E-state index in [1.165, 1.54) is 14.2 Å². The van der Waals surface area contributed by atoms with Crippen molar-refractivity contribution in [3.05, 3.63) is 69.7 Å². The van der Waals surface area contributed by atoms with Crippen molar-refractivity contribution in [2.24, 2.45) is 0 Å². The van der Waals surface area contributed by atoms with Gasteiger partial charge in [-0.15, -0.1) is 0 Å². The van der Waals surface area contributed by atoms with Gasteiger partial charge in [-0.3, -0.25) is 10.2 Å². The zero-order valence-electron chi connectivity index (χ0n) is 21.2. The lowest BCUT2D eigenvalue weighted by Crippen LogP contribution is -2.31. The number of amidine groups is 1. The number of ether oxygens (including phenoxy) is 2. The normalized spacial score (nSPS) is 10.8. The summed E-state index contributed by atoms with van der Waals surface area (Å²) in [6.07, 6.45) is 1.01. The van der Waals surface area contributed by atoms with Crippen LogP contribution in [0.25, 0.3) is 11.1 Å². The number of nitrogens with zero attached hydrogens (tertiary/aromatic N) is 1. The Kier molecular flexibility index (Phi) is 9.63. The number of nitrogen functional groups attached to an aromatic ring is 1. The number of hydrogen-bond acceptors (Lipinski definition) is 7. The van der Waals surface area contributed by atoms with E-state index in [9.17, 15) is 4.79 Å². The van der Waals surface area contributed by atoms with Gasteiger partial charge in [0, 0.05) is 40.7 Å². The summed E-state index contributed by atoms with van der Waals surface area (Å²) in [6.45, 7) is 1.83. The third-order valence-electron chi connectivity index (χ3n) is 5.68. The van der Waals surface area contributed by atoms with E-state index >= 15 is 0 Å². The molecule has 37 heavy (non-hydrogen) atoms. The largest absolute Gasteiger partial charge is 0.495 e. The van der Waals surface area contributed by atoms with Crippen LogP contribution in [-0.4, -0.2) is 58.0 Å². The molecule has 0 saturated carbocycles. The molecule has 0 fully saturated rings. The highest BCUT2D eigenvalue weighted by Crippen LogP contribution is 2.46. The number of carbonyl (C=O) groups excluding carboxylic acids is 1. The van der Waals surface area contributed by atoms with E-state index in [1.54, 1.807) is 36.4 Å². The third kappa shape index (κ3) is 6.85. The summed E-state index contributed by atoms with van der Waals surface area (Å²) in [4.78, 5) is 14.9. The Morgan fingerprint density at radius 2 is 1.62 bits per heavy atom. The van der Waals surface area contributed by atoms with Crippen molar-refractivity contribution in [2.75, 3.05) is 52.5 Å². The van der Waals surface area contributed by atoms with Gasteiger partial charge in [0.1, 0.15) is 17.3 Å². The molecule has 0 radical (unpaired) electrons. The Labute approximate surface area is 227 Å². The van der Waals surface area contributed by atoms with Crippen molar-refractivity contribution in [3.63, 3.8) is 0 Å². The van der Waals surface area contributed by atoms with E-state index in [4.69, 9.17) is 43.8 Å². The van der Waals surface area contributed by atoms with E-state index in [-0.39, 0.29) is 11.5 Å². The van der Waals surface area contributed by atoms with Gasteiger partial charge >= 0.3 is 0 Å². The van der Waals surface area contributed by atoms with Crippen LogP contribution in [0.5, 0.6) is 11.5 Å². The number of nitrogens with two attached hydrogens (primary N) is 1. The molecule has 1 amide bonds. The maximum absolute atomic E-state index is 12.7. The van der Waals surface area contributed by atoms with Crippen molar-refractivity contribution in [1.29, 1.82) is 5.41 Å². The topological polar surface area (TPSA) is 113 Å². The summed E-state index contributed by atoms with van der Waals surface area (Å²) in [7, 11) is 7.07. The van der Waals surface area contributed by atoms with E-state index in [0.29, 0.717) is 43.8 Å². The first-order valence-electron chi connectivity index (χ1n) is 11.5. The maximum Gasteiger partial charge on any atom is 0.256 e. The number of benzene rings is 3. The first-order valence-corrected chi connectivity index (χ1v) is 12.3. The number of amides is 1. The minimum absolute atomic E-state index is 0.125. The zero-order valence-corrected chi connectivity index (χ0v) is 22.8. The van der Waals surface area contributed by atoms with Crippen molar-refractivity contribution in [2.45, 2.75) is 6.42 Å². The number of anilines is 2. The van der Waals surface area contributed by atoms with Gasteiger partial charge in [-0.05, 0) is 69.0 Å². The second-order valence-electron chi connectivity index (χ2n) is 8.58. The summed E-state index contributed by atoms with van der Waals surface area (Å²) in [6, 6.07) is 13.7. The molecule has 0 aromatic heterocycles. The van der Waals surface area contributed by atoms with E-state index in [0.717, 1.165) is 25.2 Å². The lowest BCUT2D eigenvalue weighted by atomic mass is 10.0. The lowest BCUT2D eigenvalue weighted by molar-refractivity contribution is 0.0977. The Balaban J connectivity index is 1.73. The fraction of sp³-hybridized carbons (Fsp3) is 0.259. The Morgan fingerprint density at radius 3 is 2.16 bits per heavy atom. The standard InChI is InChI=1S/C27H31Cl2N5O3/c1-34(2)13-5-12-32-18-9-6-16(7-10-18)27(35)33-26(31)19-11-8-17(14-20(19)30)23-24(28)21(36-3)15-22(37-4)25(23)29/h6-11,14-15,32H,5,12-13,30H2,1-4H3,(H2,31,33,35). The van der Waals surface area contributed by atoms with Gasteiger partial charge in [-0.2, -0.15) is 0 Å². The average molecular weight is 544 g/mol. The molecule has 8 nitrogen and oxygen atoms in total. The fourth-order valence-corrected chi connectivity index (χ4v) is 4.42. The smallest absolute Gasteiger partial charge is 0.256 e. The zero-order chi connectivity index (χ0) is 27.1. The van der Waals surface area contributed by atoms with Gasteiger partial charge < -0.3 is 30.7 Å². The first-order chi connectivity index (χ1) is 17.7. The average Bonchev–Trinajstić information content (AvgIpc) is 2.87. The second-order valence-corrected chi connectivity index (χ2v) is 9.33. The Hall–Kier alpha value is -3.46. The van der Waals surface area contributed by atoms with E-state index < -0.39 is 5.91 Å². The van der Waals surface area contributed by atoms with E-state index in [1.807, 2.05) is 26.2 Å². The van der Waals surface area contributed by atoms with Crippen LogP contribution in [0, 0.1) is 5.41 Å². The Bertz CT molecular complexity index is 1250. The van der Waals surface area contributed by atoms with Crippen LogP contribution in [-0.2, 0) is 0 Å². The van der Waals surface area contributed by atoms with Crippen LogP contribution < -0.4 is 25.8 Å². The molecule has 3 aromatic carbocycles. The van der Waals surface area contributed by atoms with Crippen molar-refractivity contribution >= 4 is 46.3 Å². The van der Waals surface area contributed by atoms with Gasteiger partial charge in [0.05, 0.1) is 24.3 Å². The van der Waals surface area contributed by atoms with Gasteiger partial charge in [-0.25, -0.2) is 0 Å². The minimum atomic E-state index is -0.406. The lowest BCUT2D eigenvalue weighted by Gasteiger charge is -2.16. The predicted molar refractivity (Wildman–Crippen MR) is 152 cm³/mol. The van der Waals surface area contributed by atoms with Crippen LogP contribution in [0.3, 0.4) is 0 Å². The summed E-state index contributed by atoms with van der Waals surface area (Å²) in [5, 5.41) is 14.9. The van der Waals surface area contributed by atoms with Crippen LogP contribution in [0.15, 0.2) is 48.5 Å². The summed E-state index contributed by atoms with van der Waals surface area (Å²) < 4.78 is 10.7. The SMILES string of the molecule is COc1cc(OC)c(Cl)c(-c2ccc(C(=N)NC(=O)c3ccc(NCCCN(C)C)cc3)c(N)c2)c1Cl. The van der Waals surface area contributed by atoms with Gasteiger partial charge in [0.2, 0.25) is 0 Å². The molecule has 5 N–H and O–H groups in total. The fourth-order valence-electron chi connectivity index (χ4n) is 3.71. The first kappa shape index (κ1) is 28.1. The van der Waals surface area contributed by atoms with Crippen LogP contribution in [0.2, 0.25) is 10.0 Å². The molecule has 3 aromatic rings. The molecule has 0 unspecified atom stereocenters. The molecule has 196 valence electrons. The maximum atomic E-state index is 12.7. The summed E-state index contributed by atoms with van der Waals surface area (Å²) in [5.74, 6) is 0.266. The number of nitrogens with one attached hydrogen (secondary N) is 3. The molecule has 10 heteroatoms. The van der Waals surface area contributed by atoms with Crippen LogP contribution >= 0.6 is 23.2 Å². The van der Waals surface area contributed by atoms with Crippen molar-refractivity contribution in [1.82, 2.24) is 10.2 Å². The molecule has 0 saturated heterocycles. The van der Waals surface area contributed by atoms with Gasteiger partial charge in [0.25, 0.3) is 5.91 Å². The quantitative estimate of drug-likeness (QED) is 0.118. The molecule has 3 rings (SSSR count). The number of halogens is 2. The van der Waals surface area contributed by atoms with Crippen molar-refractivity contribution in [3.8, 4) is 22.6 Å². The van der Waals surface area contributed by atoms with E-state index in [2.05, 4.69) is 15.5 Å². The third-order valence-corrected chi connectivity index (χ3v) is 6.43. The molecule has 0 aliphatic rings. The van der Waals surface area contributed by atoms with Crippen LogP contribution in [0.4, 0.5) is 11.4 Å². The molecule has 0 heterocycles. The van der Waals surface area contributed by atoms with Gasteiger partial charge in [0.15, 0.2) is 0 Å². The summed E-state index contributed by atoms with van der Waals surface area (Å²) >= 11 is 13.0. The van der Waals surface area contributed by atoms with Crippen molar-refractivity contribution < 1.29 is 14.3 Å². The predicted octanol–water partition coefficient (Wildman–Crippen LogP) is 5.38. The second kappa shape index (κ2) is 12.7. The minimum Gasteiger partial charge on any atom is -0.495 e. The molecule has 0 spiro atoms. The highest BCUT2D eigenvalue weighted by atomic mass is 35.5. The highest BCUT2D eigenvalue weighted by molar-refractivity contribution is 6.41. The van der Waals surface area contributed by atoms with Gasteiger partial charge in [-0.1, -0.05) is 29.3 Å². The Morgan fingerprint density at radius 1 is 1.00 bits per heavy atom. The number of rotatable bonds is 10. The molecule has 0 aliphatic carbocycles. The number of carbonyl (C=O) groups is 1. The van der Waals surface area contributed by atoms with Crippen LogP contribution in [0.1, 0.15) is 22.3 Å². The number of hydrogen-bond donors (Lipinski definition) is 4. The summed E-state index contributed by atoms with van der Waals surface area (Å²) in [5.41, 5.74) is 9.35.